The minimum Gasteiger partial charge on any atom is -0.369 e. The molecule has 1 aromatic heterocycles. The van der Waals surface area contributed by atoms with Gasteiger partial charge in [0.1, 0.15) is 10.7 Å². The quantitative estimate of drug-likeness (QED) is 0.757. The van der Waals surface area contributed by atoms with Gasteiger partial charge in [-0.2, -0.15) is 0 Å². The molecule has 0 aromatic carbocycles. The summed E-state index contributed by atoms with van der Waals surface area (Å²) in [4.78, 5) is 17.7. The highest BCUT2D eigenvalue weighted by Gasteiger charge is 2.16. The Kier molecular flexibility index (Phi) is 5.73. The summed E-state index contributed by atoms with van der Waals surface area (Å²) in [5.74, 6) is 0.466. The molecule has 1 aromatic rings. The number of primary sulfonamides is 1. The van der Waals surface area contributed by atoms with Gasteiger partial charge in [-0.1, -0.05) is 6.42 Å². The smallest absolute Gasteiger partial charge is 0.241 e. The summed E-state index contributed by atoms with van der Waals surface area (Å²) < 4.78 is 22.9. The largest absolute Gasteiger partial charge is 0.369 e. The summed E-state index contributed by atoms with van der Waals surface area (Å²) in [5.41, 5.74) is 0. The molecule has 3 N–H and O–H groups in total. The Hall–Kier alpha value is -1.67. The molecule has 1 amide bonds. The number of amides is 1. The highest BCUT2D eigenvalue weighted by molar-refractivity contribution is 7.89. The molecule has 0 spiro atoms. The lowest BCUT2D eigenvalue weighted by molar-refractivity contribution is -0.130. The van der Waals surface area contributed by atoms with Gasteiger partial charge in [-0.15, -0.1) is 0 Å². The lowest BCUT2D eigenvalue weighted by atomic mass is 10.2. The standard InChI is InChI=1S/C14H22N4O3S/c15-22(20,21)12-6-4-8-16-14(12)17-9-5-11-18-10-3-1-2-7-13(18)19/h4,6,8H,1-3,5,7,9-11H2,(H,16,17)(H2,15,20,21). The van der Waals surface area contributed by atoms with E-state index in [1.807, 2.05) is 4.90 Å². The number of nitrogens with two attached hydrogens (primary N) is 1. The molecular weight excluding hydrogens is 304 g/mol. The van der Waals surface area contributed by atoms with Gasteiger partial charge in [0.15, 0.2) is 0 Å². The number of anilines is 1. The molecule has 1 saturated heterocycles. The maximum atomic E-state index is 11.9. The molecule has 0 unspecified atom stereocenters. The van der Waals surface area contributed by atoms with Crippen molar-refractivity contribution in [3.05, 3.63) is 18.3 Å². The number of hydrogen-bond acceptors (Lipinski definition) is 5. The van der Waals surface area contributed by atoms with Gasteiger partial charge >= 0.3 is 0 Å². The van der Waals surface area contributed by atoms with Crippen LogP contribution in [-0.4, -0.2) is 43.8 Å². The molecule has 122 valence electrons. The molecule has 8 heteroatoms. The molecule has 0 radical (unpaired) electrons. The van der Waals surface area contributed by atoms with E-state index in [-0.39, 0.29) is 16.6 Å². The van der Waals surface area contributed by atoms with E-state index < -0.39 is 10.0 Å². The Balaban J connectivity index is 1.85. The number of carbonyl (C=O) groups excluding carboxylic acids is 1. The van der Waals surface area contributed by atoms with Crippen molar-refractivity contribution in [1.29, 1.82) is 0 Å². The fraction of sp³-hybridized carbons (Fsp3) is 0.571. The fourth-order valence-corrected chi connectivity index (χ4v) is 3.17. The first-order chi connectivity index (χ1) is 10.5. The second-order valence-corrected chi connectivity index (χ2v) is 6.90. The number of hydrogen-bond donors (Lipinski definition) is 2. The molecule has 22 heavy (non-hydrogen) atoms. The van der Waals surface area contributed by atoms with Gasteiger partial charge in [-0.05, 0) is 31.4 Å². The van der Waals surface area contributed by atoms with Crippen LogP contribution in [0, 0.1) is 0 Å². The number of carbonyl (C=O) groups is 1. The number of pyridine rings is 1. The van der Waals surface area contributed by atoms with Gasteiger partial charge in [0, 0.05) is 32.3 Å². The monoisotopic (exact) mass is 326 g/mol. The predicted molar refractivity (Wildman–Crippen MR) is 83.8 cm³/mol. The average Bonchev–Trinajstić information content (AvgIpc) is 2.68. The fourth-order valence-electron chi connectivity index (χ4n) is 2.50. The topological polar surface area (TPSA) is 105 Å². The van der Waals surface area contributed by atoms with E-state index >= 15 is 0 Å². The van der Waals surface area contributed by atoms with Gasteiger partial charge in [0.2, 0.25) is 15.9 Å². The number of nitrogens with zero attached hydrogens (tertiary/aromatic N) is 2. The van der Waals surface area contributed by atoms with Crippen LogP contribution in [0.15, 0.2) is 23.2 Å². The molecular formula is C14H22N4O3S. The van der Waals surface area contributed by atoms with Crippen LogP contribution in [0.4, 0.5) is 5.82 Å². The molecule has 0 saturated carbocycles. The molecule has 1 fully saturated rings. The normalized spacial score (nSPS) is 16.4. The highest BCUT2D eigenvalue weighted by atomic mass is 32.2. The zero-order chi connectivity index (χ0) is 16.0. The number of nitrogens with one attached hydrogen (secondary N) is 1. The van der Waals surface area contributed by atoms with Crippen molar-refractivity contribution in [1.82, 2.24) is 9.88 Å². The zero-order valence-corrected chi connectivity index (χ0v) is 13.3. The first-order valence-electron chi connectivity index (χ1n) is 7.48. The maximum Gasteiger partial charge on any atom is 0.241 e. The van der Waals surface area contributed by atoms with Crippen molar-refractivity contribution in [3.8, 4) is 0 Å². The molecule has 0 bridgehead atoms. The Morgan fingerprint density at radius 3 is 2.91 bits per heavy atom. The van der Waals surface area contributed by atoms with Crippen molar-refractivity contribution < 1.29 is 13.2 Å². The van der Waals surface area contributed by atoms with Crippen LogP contribution >= 0.6 is 0 Å². The Bertz CT molecular complexity index is 618. The van der Waals surface area contributed by atoms with E-state index in [2.05, 4.69) is 10.3 Å². The second kappa shape index (κ2) is 7.55. The summed E-state index contributed by atoms with van der Waals surface area (Å²) >= 11 is 0. The van der Waals surface area contributed by atoms with E-state index in [1.165, 1.54) is 18.3 Å². The predicted octanol–water partition coefficient (Wildman–Crippen LogP) is 0.934. The van der Waals surface area contributed by atoms with Crippen LogP contribution in [0.1, 0.15) is 32.1 Å². The Morgan fingerprint density at radius 2 is 2.14 bits per heavy atom. The molecule has 1 aliphatic rings. The van der Waals surface area contributed by atoms with Gasteiger partial charge in [0.05, 0.1) is 0 Å². The van der Waals surface area contributed by atoms with Crippen LogP contribution in [0.2, 0.25) is 0 Å². The van der Waals surface area contributed by atoms with Crippen molar-refractivity contribution in [2.24, 2.45) is 5.14 Å². The zero-order valence-electron chi connectivity index (χ0n) is 12.5. The first kappa shape index (κ1) is 16.7. The van der Waals surface area contributed by atoms with E-state index in [0.717, 1.165) is 32.2 Å². The first-order valence-corrected chi connectivity index (χ1v) is 9.02. The summed E-state index contributed by atoms with van der Waals surface area (Å²) in [6.07, 6.45) is 5.99. The van der Waals surface area contributed by atoms with Gasteiger partial charge in [0.25, 0.3) is 0 Å². The summed E-state index contributed by atoms with van der Waals surface area (Å²) in [5, 5.41) is 8.14. The third kappa shape index (κ3) is 4.67. The Labute approximate surface area is 131 Å². The Morgan fingerprint density at radius 1 is 1.32 bits per heavy atom. The van der Waals surface area contributed by atoms with E-state index in [9.17, 15) is 13.2 Å². The van der Waals surface area contributed by atoms with Crippen molar-refractivity contribution >= 4 is 21.7 Å². The summed E-state index contributed by atoms with van der Waals surface area (Å²) in [6, 6.07) is 2.95. The summed E-state index contributed by atoms with van der Waals surface area (Å²) in [7, 11) is -3.79. The molecule has 7 nitrogen and oxygen atoms in total. The highest BCUT2D eigenvalue weighted by Crippen LogP contribution is 2.16. The minimum absolute atomic E-state index is 0.0131. The number of aromatic nitrogens is 1. The SMILES string of the molecule is NS(=O)(=O)c1cccnc1NCCCN1CCCCCC1=O. The lowest BCUT2D eigenvalue weighted by Crippen LogP contribution is -2.32. The third-order valence-electron chi connectivity index (χ3n) is 3.65. The number of sulfonamides is 1. The molecule has 2 heterocycles. The van der Waals surface area contributed by atoms with Crippen molar-refractivity contribution in [2.45, 2.75) is 37.0 Å². The maximum absolute atomic E-state index is 11.9. The van der Waals surface area contributed by atoms with Gasteiger partial charge in [-0.25, -0.2) is 18.5 Å². The third-order valence-corrected chi connectivity index (χ3v) is 4.59. The molecule has 1 aliphatic heterocycles. The van der Waals surface area contributed by atoms with E-state index in [4.69, 9.17) is 5.14 Å². The van der Waals surface area contributed by atoms with Crippen molar-refractivity contribution in [2.75, 3.05) is 25.0 Å². The van der Waals surface area contributed by atoms with Gasteiger partial charge < -0.3 is 10.2 Å². The summed E-state index contributed by atoms with van der Waals surface area (Å²) in [6.45, 7) is 2.01. The molecule has 0 atom stereocenters. The molecule has 0 aliphatic carbocycles. The average molecular weight is 326 g/mol. The van der Waals surface area contributed by atoms with E-state index in [1.54, 1.807) is 0 Å². The van der Waals surface area contributed by atoms with Crippen LogP contribution in [0.25, 0.3) is 0 Å². The molecule has 2 rings (SSSR count). The number of rotatable bonds is 6. The van der Waals surface area contributed by atoms with Crippen LogP contribution in [0.3, 0.4) is 0 Å². The second-order valence-electron chi connectivity index (χ2n) is 5.37. The van der Waals surface area contributed by atoms with Crippen LogP contribution in [-0.2, 0) is 14.8 Å². The van der Waals surface area contributed by atoms with E-state index in [0.29, 0.717) is 19.5 Å². The minimum atomic E-state index is -3.79. The van der Waals surface area contributed by atoms with Crippen LogP contribution in [0.5, 0.6) is 0 Å². The van der Waals surface area contributed by atoms with Crippen molar-refractivity contribution in [3.63, 3.8) is 0 Å². The van der Waals surface area contributed by atoms with Crippen LogP contribution < -0.4 is 10.5 Å². The van der Waals surface area contributed by atoms with Gasteiger partial charge in [-0.3, -0.25) is 4.79 Å². The number of likely N-dealkylation sites (tertiary alicyclic amines) is 1. The lowest BCUT2D eigenvalue weighted by Gasteiger charge is -2.20.